The number of ether oxygens (including phenoxy) is 1. The van der Waals surface area contributed by atoms with E-state index in [0.717, 1.165) is 25.8 Å². The highest BCUT2D eigenvalue weighted by atomic mass is 16.5. The Morgan fingerprint density at radius 3 is 2.45 bits per heavy atom. The molecule has 3 aromatic carbocycles. The van der Waals surface area contributed by atoms with Gasteiger partial charge in [0.1, 0.15) is 6.10 Å². The topological polar surface area (TPSA) is 21.3 Å². The van der Waals surface area contributed by atoms with Crippen molar-refractivity contribution in [1.82, 2.24) is 5.32 Å². The van der Waals surface area contributed by atoms with Crippen molar-refractivity contribution in [3.63, 3.8) is 0 Å². The van der Waals surface area contributed by atoms with Crippen LogP contribution in [0.25, 0.3) is 21.5 Å². The number of hydrogen-bond acceptors (Lipinski definition) is 2. The van der Waals surface area contributed by atoms with Crippen LogP contribution in [0.2, 0.25) is 0 Å². The third-order valence-corrected chi connectivity index (χ3v) is 3.89. The molecule has 1 N–H and O–H groups in total. The number of fused-ring (bicyclic) bond motifs is 2. The zero-order valence-electron chi connectivity index (χ0n) is 11.2. The van der Waals surface area contributed by atoms with E-state index in [-0.39, 0.29) is 0 Å². The van der Waals surface area contributed by atoms with E-state index in [9.17, 15) is 0 Å². The minimum absolute atomic E-state index is 0.749. The van der Waals surface area contributed by atoms with Gasteiger partial charge in [-0.05, 0) is 39.2 Å². The fourth-order valence-electron chi connectivity index (χ4n) is 2.88. The van der Waals surface area contributed by atoms with E-state index in [0.29, 0.717) is 0 Å². The molecule has 2 nitrogen and oxygen atoms in total. The average molecular weight is 262 g/mol. The molecule has 0 unspecified atom stereocenters. The first kappa shape index (κ1) is 11.9. The van der Waals surface area contributed by atoms with Crippen LogP contribution in [0, 0.1) is 6.10 Å². The molecule has 99 valence electrons. The fourth-order valence-corrected chi connectivity index (χ4v) is 2.88. The number of morpholine rings is 1. The summed E-state index contributed by atoms with van der Waals surface area (Å²) in [5, 5.41) is 8.47. The van der Waals surface area contributed by atoms with Crippen molar-refractivity contribution in [1.29, 1.82) is 0 Å². The minimum atomic E-state index is 0.749. The lowest BCUT2D eigenvalue weighted by atomic mass is 9.96. The monoisotopic (exact) mass is 262 g/mol. The molecule has 4 rings (SSSR count). The van der Waals surface area contributed by atoms with E-state index >= 15 is 0 Å². The van der Waals surface area contributed by atoms with Crippen LogP contribution in [-0.4, -0.2) is 19.7 Å². The van der Waals surface area contributed by atoms with Gasteiger partial charge in [0.25, 0.3) is 0 Å². The molecule has 1 heterocycles. The van der Waals surface area contributed by atoms with Crippen LogP contribution < -0.4 is 5.32 Å². The Hall–Kier alpha value is -1.90. The Balaban J connectivity index is 1.94. The van der Waals surface area contributed by atoms with Crippen LogP contribution >= 0.6 is 0 Å². The summed E-state index contributed by atoms with van der Waals surface area (Å²) in [5.74, 6) is 0. The predicted molar refractivity (Wildman–Crippen MR) is 82.6 cm³/mol. The van der Waals surface area contributed by atoms with Crippen LogP contribution in [0.3, 0.4) is 0 Å². The third kappa shape index (κ3) is 1.98. The largest absolute Gasteiger partial charge is 0.364 e. The number of rotatable bonds is 1. The van der Waals surface area contributed by atoms with E-state index in [1.165, 1.54) is 27.1 Å². The normalized spacial score (nSPS) is 16.8. The Bertz CT molecular complexity index is 760. The molecule has 0 saturated carbocycles. The van der Waals surface area contributed by atoms with Crippen LogP contribution in [-0.2, 0) is 4.74 Å². The van der Waals surface area contributed by atoms with Crippen molar-refractivity contribution < 1.29 is 4.74 Å². The lowest BCUT2D eigenvalue weighted by molar-refractivity contribution is 0.130. The average Bonchev–Trinajstić information content (AvgIpc) is 2.53. The van der Waals surface area contributed by atoms with Gasteiger partial charge in [0.05, 0.1) is 6.61 Å². The van der Waals surface area contributed by atoms with Crippen LogP contribution in [0.15, 0.2) is 54.6 Å². The molecule has 0 bridgehead atoms. The highest BCUT2D eigenvalue weighted by Gasteiger charge is 2.19. The summed E-state index contributed by atoms with van der Waals surface area (Å²) in [6.07, 6.45) is 1.05. The Morgan fingerprint density at radius 1 is 0.850 bits per heavy atom. The van der Waals surface area contributed by atoms with Crippen LogP contribution in [0.1, 0.15) is 5.56 Å². The molecule has 1 saturated heterocycles. The zero-order valence-corrected chi connectivity index (χ0v) is 11.2. The van der Waals surface area contributed by atoms with Crippen molar-refractivity contribution in [2.45, 2.75) is 0 Å². The van der Waals surface area contributed by atoms with Crippen molar-refractivity contribution >= 4 is 21.5 Å². The third-order valence-electron chi connectivity index (χ3n) is 3.89. The SMILES string of the molecule is c1ccc2cc3c([C]4CNCCO4)cccc3cc2c1. The maximum Gasteiger partial charge on any atom is 0.140 e. The summed E-state index contributed by atoms with van der Waals surface area (Å²) < 4.78 is 5.84. The van der Waals surface area contributed by atoms with Gasteiger partial charge in [0.2, 0.25) is 0 Å². The quantitative estimate of drug-likeness (QED) is 0.678. The molecule has 1 fully saturated rings. The summed E-state index contributed by atoms with van der Waals surface area (Å²) in [6, 6.07) is 19.4. The Morgan fingerprint density at radius 2 is 1.65 bits per heavy atom. The maximum atomic E-state index is 5.84. The van der Waals surface area contributed by atoms with Crippen LogP contribution in [0.4, 0.5) is 0 Å². The molecular weight excluding hydrogens is 246 g/mol. The van der Waals surface area contributed by atoms with Gasteiger partial charge in [-0.15, -0.1) is 0 Å². The molecule has 3 aromatic rings. The van der Waals surface area contributed by atoms with Crippen molar-refractivity contribution in [3.05, 3.63) is 66.3 Å². The van der Waals surface area contributed by atoms with E-state index in [1.807, 2.05) is 0 Å². The van der Waals surface area contributed by atoms with Gasteiger partial charge in [-0.2, -0.15) is 0 Å². The summed E-state index contributed by atoms with van der Waals surface area (Å²) in [4.78, 5) is 0. The first-order valence-corrected chi connectivity index (χ1v) is 7.03. The molecule has 0 aliphatic carbocycles. The molecule has 1 aliphatic heterocycles. The van der Waals surface area contributed by atoms with Crippen molar-refractivity contribution in [3.8, 4) is 0 Å². The maximum absolute atomic E-state index is 5.84. The second kappa shape index (κ2) is 4.89. The highest BCUT2D eigenvalue weighted by molar-refractivity contribution is 6.00. The number of benzene rings is 3. The van der Waals surface area contributed by atoms with E-state index in [2.05, 4.69) is 59.9 Å². The van der Waals surface area contributed by atoms with Gasteiger partial charge in [-0.25, -0.2) is 0 Å². The van der Waals surface area contributed by atoms with Crippen molar-refractivity contribution in [2.24, 2.45) is 0 Å². The molecule has 2 heteroatoms. The van der Waals surface area contributed by atoms with E-state index in [4.69, 9.17) is 4.74 Å². The van der Waals surface area contributed by atoms with Crippen molar-refractivity contribution in [2.75, 3.05) is 19.7 Å². The van der Waals surface area contributed by atoms with Gasteiger partial charge in [0, 0.05) is 13.1 Å². The second-order valence-electron chi connectivity index (χ2n) is 5.17. The first-order chi connectivity index (χ1) is 9.92. The van der Waals surface area contributed by atoms with Gasteiger partial charge >= 0.3 is 0 Å². The molecule has 1 aliphatic rings. The molecule has 0 atom stereocenters. The van der Waals surface area contributed by atoms with Gasteiger partial charge in [-0.1, -0.05) is 42.5 Å². The molecule has 1 radical (unpaired) electrons. The second-order valence-corrected chi connectivity index (χ2v) is 5.17. The van der Waals surface area contributed by atoms with E-state index < -0.39 is 0 Å². The number of nitrogens with one attached hydrogen (secondary N) is 1. The lowest BCUT2D eigenvalue weighted by Gasteiger charge is -2.24. The number of hydrogen-bond donors (Lipinski definition) is 1. The predicted octanol–water partition coefficient (Wildman–Crippen LogP) is 3.49. The van der Waals surface area contributed by atoms with Gasteiger partial charge < -0.3 is 10.1 Å². The minimum Gasteiger partial charge on any atom is -0.364 e. The van der Waals surface area contributed by atoms with Gasteiger partial charge in [-0.3, -0.25) is 0 Å². The molecule has 20 heavy (non-hydrogen) atoms. The molecule has 0 amide bonds. The summed E-state index contributed by atoms with van der Waals surface area (Å²) in [7, 11) is 0. The smallest absolute Gasteiger partial charge is 0.140 e. The summed E-state index contributed by atoms with van der Waals surface area (Å²) >= 11 is 0. The highest BCUT2D eigenvalue weighted by Crippen LogP contribution is 2.30. The standard InChI is InChI=1S/C18H16NO/c1-2-5-14-11-17-15(10-13(14)4-1)6-3-7-16(17)18-12-19-8-9-20-18/h1-7,10-11,19H,8-9,12H2. The summed E-state index contributed by atoms with van der Waals surface area (Å²) in [5.41, 5.74) is 1.21. The summed E-state index contributed by atoms with van der Waals surface area (Å²) in [6.45, 7) is 2.49. The van der Waals surface area contributed by atoms with E-state index in [1.54, 1.807) is 0 Å². The fraction of sp³-hybridized carbons (Fsp3) is 0.167. The zero-order chi connectivity index (χ0) is 13.4. The Kier molecular flexibility index (Phi) is 2.91. The molecule has 0 aromatic heterocycles. The molecular formula is C18H16NO. The molecule has 0 spiro atoms. The lowest BCUT2D eigenvalue weighted by Crippen LogP contribution is -2.34. The van der Waals surface area contributed by atoms with Crippen LogP contribution in [0.5, 0.6) is 0 Å². The Labute approximate surface area is 118 Å². The van der Waals surface area contributed by atoms with Gasteiger partial charge in [0.15, 0.2) is 0 Å². The first-order valence-electron chi connectivity index (χ1n) is 7.03.